The Labute approximate surface area is 161 Å². The molecule has 0 saturated carbocycles. The predicted octanol–water partition coefficient (Wildman–Crippen LogP) is 4.30. The average molecular weight is 370 g/mol. The van der Waals surface area contributed by atoms with Crippen molar-refractivity contribution in [2.24, 2.45) is 4.99 Å². The second-order valence-corrected chi connectivity index (χ2v) is 7.32. The van der Waals surface area contributed by atoms with Crippen LogP contribution in [0, 0.1) is 0 Å². The highest BCUT2D eigenvalue weighted by molar-refractivity contribution is 5.89. The summed E-state index contributed by atoms with van der Waals surface area (Å²) in [5, 5.41) is 6.19. The Morgan fingerprint density at radius 2 is 1.62 bits per heavy atom. The molecule has 0 aliphatic carbocycles. The SMILES string of the molecule is CC.CCC(=O)C(CC(=O)NCCCCCCCC=NC)NC(C)(C)C. The van der Waals surface area contributed by atoms with Gasteiger partial charge in [-0.3, -0.25) is 9.59 Å². The number of nitrogens with one attached hydrogen (secondary N) is 2. The summed E-state index contributed by atoms with van der Waals surface area (Å²) in [5.41, 5.74) is -0.182. The Hall–Kier alpha value is -1.23. The first-order valence-corrected chi connectivity index (χ1v) is 10.3. The molecule has 1 amide bonds. The lowest BCUT2D eigenvalue weighted by atomic mass is 10.0. The van der Waals surface area contributed by atoms with Crippen molar-refractivity contribution in [3.05, 3.63) is 0 Å². The summed E-state index contributed by atoms with van der Waals surface area (Å²) in [4.78, 5) is 28.0. The van der Waals surface area contributed by atoms with Gasteiger partial charge in [0, 0.05) is 32.0 Å². The van der Waals surface area contributed by atoms with Crippen molar-refractivity contribution in [3.63, 3.8) is 0 Å². The van der Waals surface area contributed by atoms with Crippen molar-refractivity contribution < 1.29 is 9.59 Å². The first-order valence-electron chi connectivity index (χ1n) is 10.3. The third-order valence-electron chi connectivity index (χ3n) is 3.75. The number of rotatable bonds is 13. The van der Waals surface area contributed by atoms with Crippen molar-refractivity contribution in [2.75, 3.05) is 13.6 Å². The fourth-order valence-corrected chi connectivity index (χ4v) is 2.52. The van der Waals surface area contributed by atoms with Gasteiger partial charge in [0.25, 0.3) is 0 Å². The quantitative estimate of drug-likeness (QED) is 0.376. The molecule has 0 heterocycles. The highest BCUT2D eigenvalue weighted by Gasteiger charge is 2.24. The van der Waals surface area contributed by atoms with Crippen molar-refractivity contribution in [1.29, 1.82) is 0 Å². The van der Waals surface area contributed by atoms with Crippen molar-refractivity contribution in [2.45, 2.75) is 104 Å². The molecule has 0 bridgehead atoms. The zero-order valence-corrected chi connectivity index (χ0v) is 18.3. The molecule has 0 spiro atoms. The maximum Gasteiger partial charge on any atom is 0.222 e. The third-order valence-corrected chi connectivity index (χ3v) is 3.75. The number of ketones is 1. The van der Waals surface area contributed by atoms with Crippen LogP contribution in [-0.4, -0.2) is 43.1 Å². The Kier molecular flexibility index (Phi) is 17.9. The van der Waals surface area contributed by atoms with Gasteiger partial charge in [0.2, 0.25) is 5.91 Å². The van der Waals surface area contributed by atoms with Crippen LogP contribution in [0.1, 0.15) is 92.9 Å². The highest BCUT2D eigenvalue weighted by Crippen LogP contribution is 2.07. The number of aliphatic imine (C=N–C) groups is 1. The largest absolute Gasteiger partial charge is 0.356 e. The summed E-state index contributed by atoms with van der Waals surface area (Å²) in [6.07, 6.45) is 9.39. The second kappa shape index (κ2) is 17.2. The number of Topliss-reactive ketones (excluding diaryl/α,β-unsaturated/α-hetero) is 1. The van der Waals surface area contributed by atoms with Crippen LogP contribution >= 0.6 is 0 Å². The molecule has 26 heavy (non-hydrogen) atoms. The van der Waals surface area contributed by atoms with Gasteiger partial charge in [-0.15, -0.1) is 0 Å². The van der Waals surface area contributed by atoms with Gasteiger partial charge in [-0.1, -0.05) is 40.0 Å². The standard InChI is InChI=1S/C19H37N3O2.C2H6/c1-6-17(23)16(22-19(2,3)4)15-18(24)21-14-12-10-8-7-9-11-13-20-5;1-2/h13,16,22H,6-12,14-15H2,1-5H3,(H,21,24);1-2H3. The van der Waals surface area contributed by atoms with Crippen molar-refractivity contribution in [3.8, 4) is 0 Å². The van der Waals surface area contributed by atoms with E-state index in [1.165, 1.54) is 19.3 Å². The van der Waals surface area contributed by atoms with Crippen molar-refractivity contribution >= 4 is 17.9 Å². The van der Waals surface area contributed by atoms with Crippen LogP contribution < -0.4 is 10.6 Å². The van der Waals surface area contributed by atoms with Crippen LogP contribution in [0.5, 0.6) is 0 Å². The first kappa shape index (κ1) is 27.0. The number of carbonyl (C=O) groups excluding carboxylic acids is 2. The molecule has 0 fully saturated rings. The maximum atomic E-state index is 12.0. The van der Waals surface area contributed by atoms with E-state index in [-0.39, 0.29) is 23.7 Å². The molecule has 0 radical (unpaired) electrons. The summed E-state index contributed by atoms with van der Waals surface area (Å²) >= 11 is 0. The molecule has 0 aromatic carbocycles. The maximum absolute atomic E-state index is 12.0. The van der Waals surface area contributed by atoms with E-state index in [0.29, 0.717) is 13.0 Å². The molecule has 0 saturated heterocycles. The number of hydrogen-bond acceptors (Lipinski definition) is 4. The highest BCUT2D eigenvalue weighted by atomic mass is 16.2. The summed E-state index contributed by atoms with van der Waals surface area (Å²) in [5.74, 6) is 0.0494. The van der Waals surface area contributed by atoms with E-state index in [4.69, 9.17) is 0 Å². The zero-order chi connectivity index (χ0) is 20.4. The minimum atomic E-state index is -0.393. The molecule has 0 rings (SSSR count). The van der Waals surface area contributed by atoms with Crippen LogP contribution in [-0.2, 0) is 9.59 Å². The van der Waals surface area contributed by atoms with Gasteiger partial charge in [0.05, 0.1) is 6.04 Å². The van der Waals surface area contributed by atoms with Gasteiger partial charge in [-0.25, -0.2) is 0 Å². The molecule has 0 aliphatic rings. The van der Waals surface area contributed by atoms with Crippen LogP contribution in [0.3, 0.4) is 0 Å². The molecule has 0 aliphatic heterocycles. The van der Waals surface area contributed by atoms with E-state index in [2.05, 4.69) is 15.6 Å². The molecule has 5 nitrogen and oxygen atoms in total. The molecule has 5 heteroatoms. The van der Waals surface area contributed by atoms with Gasteiger partial charge in [-0.05, 0) is 46.2 Å². The zero-order valence-electron chi connectivity index (χ0n) is 18.3. The Balaban J connectivity index is 0. The summed E-state index contributed by atoms with van der Waals surface area (Å²) in [7, 11) is 1.80. The summed E-state index contributed by atoms with van der Waals surface area (Å²) < 4.78 is 0. The van der Waals surface area contributed by atoms with E-state index in [1.807, 2.05) is 47.8 Å². The predicted molar refractivity (Wildman–Crippen MR) is 113 cm³/mol. The molecular formula is C21H43N3O2. The molecule has 1 unspecified atom stereocenters. The van der Waals surface area contributed by atoms with Crippen LogP contribution in [0.15, 0.2) is 4.99 Å². The van der Waals surface area contributed by atoms with Gasteiger partial charge in [0.1, 0.15) is 5.78 Å². The van der Waals surface area contributed by atoms with E-state index in [0.717, 1.165) is 19.3 Å². The van der Waals surface area contributed by atoms with Crippen LogP contribution in [0.25, 0.3) is 0 Å². The number of carbonyl (C=O) groups is 2. The molecule has 0 aromatic rings. The monoisotopic (exact) mass is 369 g/mol. The van der Waals surface area contributed by atoms with Gasteiger partial charge in [-0.2, -0.15) is 0 Å². The van der Waals surface area contributed by atoms with Crippen molar-refractivity contribution in [1.82, 2.24) is 10.6 Å². The van der Waals surface area contributed by atoms with E-state index >= 15 is 0 Å². The molecule has 1 atom stereocenters. The normalized spacial score (nSPS) is 12.4. The van der Waals surface area contributed by atoms with Gasteiger partial charge >= 0.3 is 0 Å². The lowest BCUT2D eigenvalue weighted by Crippen LogP contribution is -2.49. The summed E-state index contributed by atoms with van der Waals surface area (Å²) in [6, 6.07) is -0.393. The van der Waals surface area contributed by atoms with Gasteiger partial charge in [0.15, 0.2) is 0 Å². The molecule has 0 aromatic heterocycles. The minimum Gasteiger partial charge on any atom is -0.356 e. The summed E-state index contributed by atoms with van der Waals surface area (Å²) in [6.45, 7) is 12.6. The fraction of sp³-hybridized carbons (Fsp3) is 0.857. The number of unbranched alkanes of at least 4 members (excludes halogenated alkanes) is 5. The molecule has 154 valence electrons. The van der Waals surface area contributed by atoms with E-state index in [1.54, 1.807) is 7.05 Å². The Morgan fingerprint density at radius 1 is 1.04 bits per heavy atom. The van der Waals surface area contributed by atoms with E-state index in [9.17, 15) is 9.59 Å². The lowest BCUT2D eigenvalue weighted by molar-refractivity contribution is -0.127. The lowest BCUT2D eigenvalue weighted by Gasteiger charge is -2.27. The van der Waals surface area contributed by atoms with E-state index < -0.39 is 6.04 Å². The van der Waals surface area contributed by atoms with Crippen LogP contribution in [0.4, 0.5) is 0 Å². The smallest absolute Gasteiger partial charge is 0.222 e. The fourth-order valence-electron chi connectivity index (χ4n) is 2.52. The Bertz CT molecular complexity index is 387. The second-order valence-electron chi connectivity index (χ2n) is 7.32. The third kappa shape index (κ3) is 17.6. The topological polar surface area (TPSA) is 70.6 Å². The molecular weight excluding hydrogens is 326 g/mol. The minimum absolute atomic E-state index is 0.0438. The van der Waals surface area contributed by atoms with Gasteiger partial charge < -0.3 is 15.6 Å². The van der Waals surface area contributed by atoms with Crippen LogP contribution in [0.2, 0.25) is 0 Å². The molecule has 2 N–H and O–H groups in total. The first-order chi connectivity index (χ1) is 12.3. The number of amides is 1. The number of hydrogen-bond donors (Lipinski definition) is 2. The average Bonchev–Trinajstić information content (AvgIpc) is 2.59. The number of nitrogens with zero attached hydrogens (tertiary/aromatic N) is 1. The Morgan fingerprint density at radius 3 is 2.15 bits per heavy atom.